The third kappa shape index (κ3) is 5.12. The van der Waals surface area contributed by atoms with Crippen molar-refractivity contribution >= 4 is 16.0 Å². The average Bonchev–Trinajstić information content (AvgIpc) is 2.65. The molecule has 7 heteroatoms. The van der Waals surface area contributed by atoms with Gasteiger partial charge in [0, 0.05) is 25.5 Å². The Morgan fingerprint density at radius 1 is 1.23 bits per heavy atom. The van der Waals surface area contributed by atoms with E-state index in [2.05, 4.69) is 4.98 Å². The number of carbonyl (C=O) groups excluding carboxylic acids is 1. The van der Waals surface area contributed by atoms with Gasteiger partial charge in [0.1, 0.15) is 0 Å². The van der Waals surface area contributed by atoms with Gasteiger partial charge in [0.25, 0.3) is 0 Å². The van der Waals surface area contributed by atoms with Gasteiger partial charge in [-0.25, -0.2) is 13.2 Å². The molecule has 1 aromatic heterocycles. The van der Waals surface area contributed by atoms with Gasteiger partial charge in [-0.05, 0) is 56.5 Å². The van der Waals surface area contributed by atoms with Crippen LogP contribution in [0, 0.1) is 0 Å². The number of ether oxygens (including phenoxy) is 1. The Kier molecular flexibility index (Phi) is 6.88. The Bertz CT molecular complexity index is 836. The van der Waals surface area contributed by atoms with E-state index >= 15 is 0 Å². The number of nitrogens with zero attached hydrogens (tertiary/aromatic N) is 2. The zero-order valence-electron chi connectivity index (χ0n) is 15.3. The second kappa shape index (κ2) is 8.91. The minimum absolute atomic E-state index is 0.0820. The summed E-state index contributed by atoms with van der Waals surface area (Å²) in [5.74, 6) is -0.527. The van der Waals surface area contributed by atoms with Gasteiger partial charge in [0.2, 0.25) is 10.0 Å². The Morgan fingerprint density at radius 2 is 2.00 bits per heavy atom. The molecule has 1 heterocycles. The lowest BCUT2D eigenvalue weighted by Gasteiger charge is -2.21. The number of sulfonamides is 1. The number of hydrogen-bond donors (Lipinski definition) is 0. The van der Waals surface area contributed by atoms with E-state index in [4.69, 9.17) is 4.74 Å². The number of aryl methyl sites for hydroxylation is 1. The highest BCUT2D eigenvalue weighted by Gasteiger charge is 2.24. The van der Waals surface area contributed by atoms with Crippen LogP contribution in [0.2, 0.25) is 0 Å². The molecule has 0 atom stereocenters. The molecule has 1 aromatic carbocycles. The summed E-state index contributed by atoms with van der Waals surface area (Å²) in [5.41, 5.74) is 1.30. The Labute approximate surface area is 154 Å². The van der Waals surface area contributed by atoms with Crippen LogP contribution in [-0.4, -0.2) is 43.4 Å². The molecule has 0 fully saturated rings. The lowest BCUT2D eigenvalue weighted by molar-refractivity contribution is 0.0500. The van der Waals surface area contributed by atoms with Gasteiger partial charge in [-0.3, -0.25) is 4.98 Å². The number of benzene rings is 1. The predicted molar refractivity (Wildman–Crippen MR) is 99.4 cm³/mol. The Balaban J connectivity index is 1.97. The highest BCUT2D eigenvalue weighted by atomic mass is 32.2. The number of pyridine rings is 1. The van der Waals surface area contributed by atoms with Crippen molar-refractivity contribution in [3.63, 3.8) is 0 Å². The lowest BCUT2D eigenvalue weighted by Crippen LogP contribution is -2.33. The fraction of sp³-hybridized carbons (Fsp3) is 0.368. The van der Waals surface area contributed by atoms with Crippen LogP contribution >= 0.6 is 0 Å². The lowest BCUT2D eigenvalue weighted by atomic mass is 10.2. The molecule has 6 nitrogen and oxygen atoms in total. The summed E-state index contributed by atoms with van der Waals surface area (Å²) in [7, 11) is -2.12. The highest BCUT2D eigenvalue weighted by molar-refractivity contribution is 7.89. The summed E-state index contributed by atoms with van der Waals surface area (Å²) in [4.78, 5) is 16.3. The van der Waals surface area contributed by atoms with E-state index in [0.717, 1.165) is 12.0 Å². The summed E-state index contributed by atoms with van der Waals surface area (Å²) in [6.07, 6.45) is 4.92. The molecule has 0 saturated heterocycles. The van der Waals surface area contributed by atoms with Crippen molar-refractivity contribution in [2.24, 2.45) is 0 Å². The van der Waals surface area contributed by atoms with E-state index < -0.39 is 16.0 Å². The number of esters is 1. The molecule has 0 aliphatic rings. The van der Waals surface area contributed by atoms with Crippen LogP contribution in [-0.2, 0) is 21.2 Å². The fourth-order valence-corrected chi connectivity index (χ4v) is 3.71. The summed E-state index contributed by atoms with van der Waals surface area (Å²) < 4.78 is 31.6. The van der Waals surface area contributed by atoms with Crippen molar-refractivity contribution in [2.45, 2.75) is 37.6 Å². The molecule has 2 aromatic rings. The van der Waals surface area contributed by atoms with Crippen LogP contribution in [0.1, 0.15) is 36.2 Å². The third-order valence-electron chi connectivity index (χ3n) is 4.04. The maximum absolute atomic E-state index is 12.5. The number of aromatic nitrogens is 1. The maximum Gasteiger partial charge on any atom is 0.338 e. The molecule has 0 aliphatic heterocycles. The topological polar surface area (TPSA) is 76.6 Å². The zero-order valence-corrected chi connectivity index (χ0v) is 16.1. The standard InChI is InChI=1S/C19H24N2O4S/c1-15(2)21(3)26(23,24)18-10-4-9-17(13-18)19(22)25-12-6-8-16-7-5-11-20-14-16/h4-5,7,9-11,13-15H,6,8,12H2,1-3H3. The van der Waals surface area contributed by atoms with Gasteiger partial charge in [0.15, 0.2) is 0 Å². The van der Waals surface area contributed by atoms with Gasteiger partial charge in [-0.2, -0.15) is 4.31 Å². The fourth-order valence-electron chi connectivity index (χ4n) is 2.30. The third-order valence-corrected chi connectivity index (χ3v) is 6.07. The van der Waals surface area contributed by atoms with Crippen LogP contribution in [0.15, 0.2) is 53.7 Å². The molecule has 0 N–H and O–H groups in total. The Morgan fingerprint density at radius 3 is 2.65 bits per heavy atom. The normalized spacial score (nSPS) is 11.7. The van der Waals surface area contributed by atoms with E-state index in [1.165, 1.54) is 23.5 Å². The monoisotopic (exact) mass is 376 g/mol. The first-order chi connectivity index (χ1) is 12.3. The molecular weight excluding hydrogens is 352 g/mol. The van der Waals surface area contributed by atoms with Crippen LogP contribution in [0.5, 0.6) is 0 Å². The molecule has 26 heavy (non-hydrogen) atoms. The number of carbonyl (C=O) groups is 1. The molecule has 0 amide bonds. The van der Waals surface area contributed by atoms with E-state index in [1.807, 2.05) is 12.1 Å². The molecule has 0 saturated carbocycles. The van der Waals surface area contributed by atoms with Crippen molar-refractivity contribution in [1.82, 2.24) is 9.29 Å². The second-order valence-corrected chi connectivity index (χ2v) is 8.24. The number of rotatable bonds is 8. The van der Waals surface area contributed by atoms with E-state index in [0.29, 0.717) is 6.42 Å². The molecule has 0 bridgehead atoms. The molecular formula is C19H24N2O4S. The van der Waals surface area contributed by atoms with Gasteiger partial charge in [-0.1, -0.05) is 12.1 Å². The van der Waals surface area contributed by atoms with E-state index in [1.54, 1.807) is 38.4 Å². The first-order valence-corrected chi connectivity index (χ1v) is 9.90. The minimum Gasteiger partial charge on any atom is -0.462 e. The summed E-state index contributed by atoms with van der Waals surface area (Å²) in [6.45, 7) is 3.84. The van der Waals surface area contributed by atoms with Gasteiger partial charge >= 0.3 is 5.97 Å². The van der Waals surface area contributed by atoms with Gasteiger partial charge < -0.3 is 4.74 Å². The summed E-state index contributed by atoms with van der Waals surface area (Å²) in [5, 5.41) is 0. The molecule has 2 rings (SSSR count). The molecule has 140 valence electrons. The van der Waals surface area contributed by atoms with Crippen molar-refractivity contribution in [2.75, 3.05) is 13.7 Å². The van der Waals surface area contributed by atoms with Crippen LogP contribution in [0.25, 0.3) is 0 Å². The first-order valence-electron chi connectivity index (χ1n) is 8.46. The minimum atomic E-state index is -3.64. The smallest absolute Gasteiger partial charge is 0.338 e. The molecule has 0 unspecified atom stereocenters. The van der Waals surface area contributed by atoms with Crippen molar-refractivity contribution < 1.29 is 17.9 Å². The first kappa shape index (κ1) is 20.1. The van der Waals surface area contributed by atoms with Crippen LogP contribution in [0.4, 0.5) is 0 Å². The molecule has 0 spiro atoms. The maximum atomic E-state index is 12.5. The molecule has 0 radical (unpaired) electrons. The average molecular weight is 376 g/mol. The zero-order chi connectivity index (χ0) is 19.2. The molecule has 0 aliphatic carbocycles. The van der Waals surface area contributed by atoms with Crippen molar-refractivity contribution in [3.05, 3.63) is 59.9 Å². The Hall–Kier alpha value is -2.25. The quantitative estimate of drug-likeness (QED) is 0.523. The number of hydrogen-bond acceptors (Lipinski definition) is 5. The predicted octanol–water partition coefficient (Wildman–Crippen LogP) is 2.90. The van der Waals surface area contributed by atoms with Crippen LogP contribution < -0.4 is 0 Å². The van der Waals surface area contributed by atoms with E-state index in [-0.39, 0.29) is 23.1 Å². The summed E-state index contributed by atoms with van der Waals surface area (Å²) in [6, 6.07) is 9.59. The second-order valence-electron chi connectivity index (χ2n) is 6.24. The van der Waals surface area contributed by atoms with Gasteiger partial charge in [0.05, 0.1) is 17.1 Å². The van der Waals surface area contributed by atoms with Crippen molar-refractivity contribution in [1.29, 1.82) is 0 Å². The van der Waals surface area contributed by atoms with Crippen LogP contribution in [0.3, 0.4) is 0 Å². The highest BCUT2D eigenvalue weighted by Crippen LogP contribution is 2.18. The van der Waals surface area contributed by atoms with Crippen molar-refractivity contribution in [3.8, 4) is 0 Å². The SMILES string of the molecule is CC(C)N(C)S(=O)(=O)c1cccc(C(=O)OCCCc2cccnc2)c1. The van der Waals surface area contributed by atoms with Gasteiger partial charge in [-0.15, -0.1) is 0 Å². The van der Waals surface area contributed by atoms with E-state index in [9.17, 15) is 13.2 Å². The largest absolute Gasteiger partial charge is 0.462 e. The summed E-state index contributed by atoms with van der Waals surface area (Å²) >= 11 is 0.